The average molecular weight is 270 g/mol. The number of benzene rings is 1. The molecule has 0 saturated heterocycles. The molecule has 0 atom stereocenters. The van der Waals surface area contributed by atoms with E-state index in [2.05, 4.69) is 9.47 Å². The molecule has 2 rings (SSSR count). The van der Waals surface area contributed by atoms with Gasteiger partial charge in [0.2, 0.25) is 0 Å². The molecule has 106 valence electrons. The minimum Gasteiger partial charge on any atom is -0.395 e. The summed E-state index contributed by atoms with van der Waals surface area (Å²) in [6.07, 6.45) is -3.57. The van der Waals surface area contributed by atoms with Crippen LogP contribution in [-0.4, -0.2) is 6.29 Å². The molecule has 1 aromatic rings. The third-order valence-corrected chi connectivity index (χ3v) is 3.18. The fraction of sp³-hybridized carbons (Fsp3) is 0.600. The summed E-state index contributed by atoms with van der Waals surface area (Å²) in [5.74, 6) is 0.285. The first kappa shape index (κ1) is 14.1. The van der Waals surface area contributed by atoms with Crippen molar-refractivity contribution in [2.75, 3.05) is 0 Å². The maximum Gasteiger partial charge on any atom is 0.586 e. The van der Waals surface area contributed by atoms with Gasteiger partial charge in [0.05, 0.1) is 0 Å². The molecule has 0 radical (unpaired) electrons. The zero-order valence-electron chi connectivity index (χ0n) is 12.2. The van der Waals surface area contributed by atoms with Crippen LogP contribution in [-0.2, 0) is 10.8 Å². The Morgan fingerprint density at radius 3 is 1.95 bits per heavy atom. The molecule has 0 aliphatic carbocycles. The van der Waals surface area contributed by atoms with E-state index in [-0.39, 0.29) is 22.3 Å². The molecule has 2 nitrogen and oxygen atoms in total. The van der Waals surface area contributed by atoms with Gasteiger partial charge in [-0.05, 0) is 22.5 Å². The molecule has 0 aromatic heterocycles. The fourth-order valence-corrected chi connectivity index (χ4v) is 2.04. The second kappa shape index (κ2) is 3.84. The molecule has 1 heterocycles. The summed E-state index contributed by atoms with van der Waals surface area (Å²) in [6.45, 7) is 12.0. The molecule has 1 aliphatic heterocycles. The Bertz CT molecular complexity index is 508. The topological polar surface area (TPSA) is 18.5 Å². The van der Waals surface area contributed by atoms with Crippen LogP contribution in [0, 0.1) is 0 Å². The predicted molar refractivity (Wildman–Crippen MR) is 70.0 cm³/mol. The smallest absolute Gasteiger partial charge is 0.395 e. The molecular formula is C15H20F2O2. The Morgan fingerprint density at radius 1 is 0.895 bits per heavy atom. The van der Waals surface area contributed by atoms with Crippen molar-refractivity contribution in [3.8, 4) is 11.5 Å². The van der Waals surface area contributed by atoms with E-state index in [4.69, 9.17) is 0 Å². The van der Waals surface area contributed by atoms with Crippen LogP contribution in [0.15, 0.2) is 12.1 Å². The molecule has 4 heteroatoms. The molecule has 0 bridgehead atoms. The second-order valence-electron chi connectivity index (χ2n) is 7.02. The summed E-state index contributed by atoms with van der Waals surface area (Å²) in [5, 5.41) is 0. The van der Waals surface area contributed by atoms with E-state index in [1.54, 1.807) is 6.07 Å². The molecule has 0 spiro atoms. The largest absolute Gasteiger partial charge is 0.586 e. The molecule has 19 heavy (non-hydrogen) atoms. The highest BCUT2D eigenvalue weighted by molar-refractivity contribution is 5.55. The van der Waals surface area contributed by atoms with E-state index in [9.17, 15) is 8.78 Å². The van der Waals surface area contributed by atoms with Gasteiger partial charge in [0.25, 0.3) is 0 Å². The highest BCUT2D eigenvalue weighted by Gasteiger charge is 2.46. The SMILES string of the molecule is CC(C)(C)c1cc2c(c(C(C)(C)C)c1)OC(F)(F)O2. The lowest BCUT2D eigenvalue weighted by Crippen LogP contribution is -2.26. The first-order valence-corrected chi connectivity index (χ1v) is 6.35. The second-order valence-corrected chi connectivity index (χ2v) is 7.02. The summed E-state index contributed by atoms with van der Waals surface area (Å²) in [4.78, 5) is 0. The third kappa shape index (κ3) is 2.67. The van der Waals surface area contributed by atoms with Gasteiger partial charge in [-0.3, -0.25) is 0 Å². The van der Waals surface area contributed by atoms with Crippen LogP contribution in [0.5, 0.6) is 11.5 Å². The van der Waals surface area contributed by atoms with E-state index in [0.717, 1.165) is 11.1 Å². The lowest BCUT2D eigenvalue weighted by Gasteiger charge is -2.25. The van der Waals surface area contributed by atoms with Crippen LogP contribution in [0.2, 0.25) is 0 Å². The average Bonchev–Trinajstić information content (AvgIpc) is 2.46. The first-order chi connectivity index (χ1) is 8.40. The monoisotopic (exact) mass is 270 g/mol. The normalized spacial score (nSPS) is 17.7. The number of ether oxygens (including phenoxy) is 2. The predicted octanol–water partition coefficient (Wildman–Crippen LogP) is 4.60. The van der Waals surface area contributed by atoms with Crippen molar-refractivity contribution in [2.45, 2.75) is 58.7 Å². The standard InChI is InChI=1S/C15H20F2O2/c1-13(2,3)9-7-10(14(4,5)6)12-11(8-9)18-15(16,17)19-12/h7-8H,1-6H3. The molecule has 1 aliphatic rings. The first-order valence-electron chi connectivity index (χ1n) is 6.35. The fourth-order valence-electron chi connectivity index (χ4n) is 2.04. The van der Waals surface area contributed by atoms with Gasteiger partial charge in [0.1, 0.15) is 0 Å². The summed E-state index contributed by atoms with van der Waals surface area (Å²) in [5.41, 5.74) is 1.26. The molecule has 0 unspecified atom stereocenters. The van der Waals surface area contributed by atoms with Crippen LogP contribution in [0.25, 0.3) is 0 Å². The van der Waals surface area contributed by atoms with E-state index >= 15 is 0 Å². The van der Waals surface area contributed by atoms with E-state index in [1.807, 2.05) is 47.6 Å². The summed E-state index contributed by atoms with van der Waals surface area (Å²) >= 11 is 0. The van der Waals surface area contributed by atoms with Crippen molar-refractivity contribution in [3.05, 3.63) is 23.3 Å². The summed E-state index contributed by atoms with van der Waals surface area (Å²) < 4.78 is 35.9. The van der Waals surface area contributed by atoms with Crippen LogP contribution in [0.4, 0.5) is 8.78 Å². The quantitative estimate of drug-likeness (QED) is 0.685. The van der Waals surface area contributed by atoms with E-state index in [1.165, 1.54) is 0 Å². The summed E-state index contributed by atoms with van der Waals surface area (Å²) in [7, 11) is 0. The zero-order valence-corrected chi connectivity index (χ0v) is 12.2. The Hall–Kier alpha value is -1.32. The minimum atomic E-state index is -3.57. The van der Waals surface area contributed by atoms with Gasteiger partial charge >= 0.3 is 6.29 Å². The lowest BCUT2D eigenvalue weighted by atomic mass is 9.80. The minimum absolute atomic E-state index is 0.127. The van der Waals surface area contributed by atoms with Crippen molar-refractivity contribution in [1.82, 2.24) is 0 Å². The van der Waals surface area contributed by atoms with Crippen LogP contribution in [0.3, 0.4) is 0 Å². The summed E-state index contributed by atoms with van der Waals surface area (Å²) in [6, 6.07) is 3.58. The number of rotatable bonds is 0. The van der Waals surface area contributed by atoms with Crippen LogP contribution in [0.1, 0.15) is 52.7 Å². The van der Waals surface area contributed by atoms with Gasteiger partial charge in [-0.15, -0.1) is 8.78 Å². The van der Waals surface area contributed by atoms with Crippen LogP contribution >= 0.6 is 0 Å². The molecule has 0 N–H and O–H groups in total. The Kier molecular flexibility index (Phi) is 2.85. The highest BCUT2D eigenvalue weighted by Crippen LogP contribution is 2.49. The van der Waals surface area contributed by atoms with Crippen molar-refractivity contribution in [1.29, 1.82) is 0 Å². The van der Waals surface area contributed by atoms with Gasteiger partial charge in [-0.2, -0.15) is 0 Å². The Balaban J connectivity index is 2.65. The molecule has 0 amide bonds. The Labute approximate surface area is 112 Å². The molecule has 0 fully saturated rings. The molecule has 0 saturated carbocycles. The van der Waals surface area contributed by atoms with Gasteiger partial charge in [0, 0.05) is 5.56 Å². The van der Waals surface area contributed by atoms with Crippen molar-refractivity contribution < 1.29 is 18.3 Å². The number of hydrogen-bond donors (Lipinski definition) is 0. The van der Waals surface area contributed by atoms with Crippen LogP contribution < -0.4 is 9.47 Å². The maximum absolute atomic E-state index is 13.3. The Morgan fingerprint density at radius 2 is 1.47 bits per heavy atom. The molecular weight excluding hydrogens is 250 g/mol. The number of halogens is 2. The number of alkyl halides is 2. The highest BCUT2D eigenvalue weighted by atomic mass is 19.3. The number of fused-ring (bicyclic) bond motifs is 1. The van der Waals surface area contributed by atoms with Crippen molar-refractivity contribution in [2.24, 2.45) is 0 Å². The number of hydrogen-bond acceptors (Lipinski definition) is 2. The van der Waals surface area contributed by atoms with Gasteiger partial charge in [0.15, 0.2) is 11.5 Å². The van der Waals surface area contributed by atoms with Gasteiger partial charge in [-0.1, -0.05) is 47.6 Å². The van der Waals surface area contributed by atoms with Gasteiger partial charge in [-0.25, -0.2) is 0 Å². The van der Waals surface area contributed by atoms with E-state index < -0.39 is 6.29 Å². The van der Waals surface area contributed by atoms with Crippen molar-refractivity contribution >= 4 is 0 Å². The van der Waals surface area contributed by atoms with Crippen molar-refractivity contribution in [3.63, 3.8) is 0 Å². The van der Waals surface area contributed by atoms with E-state index in [0.29, 0.717) is 0 Å². The third-order valence-electron chi connectivity index (χ3n) is 3.18. The lowest BCUT2D eigenvalue weighted by molar-refractivity contribution is -0.287. The molecule has 1 aromatic carbocycles. The zero-order chi connectivity index (χ0) is 14.6. The van der Waals surface area contributed by atoms with Gasteiger partial charge < -0.3 is 9.47 Å². The maximum atomic E-state index is 13.3.